The maximum Gasteiger partial charge on any atom is 0.267 e. The summed E-state index contributed by atoms with van der Waals surface area (Å²) >= 11 is 0. The SMILES string of the molecule is Cc1c(C(=O)C(C)n2nc(C#C[Si](C)(C)C)ccc2=O)cnn1Cc1ccccc1. The lowest BCUT2D eigenvalue weighted by Gasteiger charge is -2.13. The third kappa shape index (κ3) is 5.02. The first-order valence-electron chi connectivity index (χ1n) is 9.89. The van der Waals surface area contributed by atoms with Crippen molar-refractivity contribution < 1.29 is 4.79 Å². The summed E-state index contributed by atoms with van der Waals surface area (Å²) in [6.45, 7) is 10.5. The van der Waals surface area contributed by atoms with Crippen molar-refractivity contribution in [3.05, 3.63) is 81.5 Å². The Bertz CT molecular complexity index is 1180. The van der Waals surface area contributed by atoms with Crippen LogP contribution in [0.3, 0.4) is 0 Å². The Labute approximate surface area is 177 Å². The average molecular weight is 419 g/mol. The van der Waals surface area contributed by atoms with Crippen LogP contribution in [0, 0.1) is 18.4 Å². The molecular formula is C23H26N4O2Si. The number of hydrogen-bond donors (Lipinski definition) is 0. The van der Waals surface area contributed by atoms with Crippen molar-refractivity contribution in [2.24, 2.45) is 0 Å². The zero-order valence-electron chi connectivity index (χ0n) is 18.0. The number of Topliss-reactive ketones (excluding diaryl/α,β-unsaturated/α-hetero) is 1. The fraction of sp³-hybridized carbons (Fsp3) is 0.304. The fourth-order valence-electron chi connectivity index (χ4n) is 2.96. The molecule has 30 heavy (non-hydrogen) atoms. The van der Waals surface area contributed by atoms with Crippen LogP contribution >= 0.6 is 0 Å². The number of hydrogen-bond acceptors (Lipinski definition) is 4. The summed E-state index contributed by atoms with van der Waals surface area (Å²) in [6.07, 6.45) is 1.57. The Morgan fingerprint density at radius 1 is 1.13 bits per heavy atom. The highest BCUT2D eigenvalue weighted by atomic mass is 28.3. The first-order valence-corrected chi connectivity index (χ1v) is 13.4. The second-order valence-corrected chi connectivity index (χ2v) is 13.1. The molecule has 2 aromatic heterocycles. The van der Waals surface area contributed by atoms with E-state index in [0.29, 0.717) is 17.8 Å². The zero-order chi connectivity index (χ0) is 21.9. The van der Waals surface area contributed by atoms with Crippen LogP contribution in [0.5, 0.6) is 0 Å². The quantitative estimate of drug-likeness (QED) is 0.361. The number of benzene rings is 1. The summed E-state index contributed by atoms with van der Waals surface area (Å²) in [5.74, 6) is 2.84. The van der Waals surface area contributed by atoms with Gasteiger partial charge in [0.15, 0.2) is 5.78 Å². The molecule has 0 bridgehead atoms. The normalized spacial score (nSPS) is 12.2. The predicted molar refractivity (Wildman–Crippen MR) is 120 cm³/mol. The van der Waals surface area contributed by atoms with Gasteiger partial charge in [-0.1, -0.05) is 55.9 Å². The Morgan fingerprint density at radius 2 is 1.83 bits per heavy atom. The molecule has 0 amide bonds. The maximum atomic E-state index is 13.1. The highest BCUT2D eigenvalue weighted by molar-refractivity contribution is 6.83. The highest BCUT2D eigenvalue weighted by Gasteiger charge is 2.23. The van der Waals surface area contributed by atoms with Crippen LogP contribution in [-0.2, 0) is 6.54 Å². The highest BCUT2D eigenvalue weighted by Crippen LogP contribution is 2.17. The lowest BCUT2D eigenvalue weighted by atomic mass is 10.1. The van der Waals surface area contributed by atoms with Gasteiger partial charge in [-0.3, -0.25) is 14.3 Å². The van der Waals surface area contributed by atoms with Crippen LogP contribution in [0.2, 0.25) is 19.6 Å². The molecule has 0 N–H and O–H groups in total. The number of nitrogens with zero attached hydrogens (tertiary/aromatic N) is 4. The topological polar surface area (TPSA) is 69.8 Å². The average Bonchev–Trinajstić information content (AvgIpc) is 3.06. The van der Waals surface area contributed by atoms with Crippen molar-refractivity contribution in [2.45, 2.75) is 46.1 Å². The molecule has 0 spiro atoms. The molecule has 0 aliphatic rings. The van der Waals surface area contributed by atoms with E-state index in [1.165, 1.54) is 10.7 Å². The molecule has 0 aliphatic heterocycles. The van der Waals surface area contributed by atoms with Crippen LogP contribution in [0.15, 0.2) is 53.5 Å². The first-order chi connectivity index (χ1) is 14.2. The van der Waals surface area contributed by atoms with E-state index in [1.807, 2.05) is 37.3 Å². The summed E-state index contributed by atoms with van der Waals surface area (Å²) in [5.41, 5.74) is 5.75. The Hall–Kier alpha value is -3.24. The lowest BCUT2D eigenvalue weighted by molar-refractivity contribution is 0.0924. The number of aromatic nitrogens is 4. The third-order valence-electron chi connectivity index (χ3n) is 4.68. The van der Waals surface area contributed by atoms with Crippen molar-refractivity contribution in [3.63, 3.8) is 0 Å². The van der Waals surface area contributed by atoms with Gasteiger partial charge in [0.2, 0.25) is 0 Å². The van der Waals surface area contributed by atoms with Crippen molar-refractivity contribution in [1.82, 2.24) is 19.6 Å². The maximum absolute atomic E-state index is 13.1. The van der Waals surface area contributed by atoms with Crippen molar-refractivity contribution in [1.29, 1.82) is 0 Å². The summed E-state index contributed by atoms with van der Waals surface area (Å²) < 4.78 is 3.01. The van der Waals surface area contributed by atoms with E-state index in [2.05, 4.69) is 41.3 Å². The van der Waals surface area contributed by atoms with Gasteiger partial charge in [-0.2, -0.15) is 10.2 Å². The number of carbonyl (C=O) groups is 1. The molecule has 7 heteroatoms. The molecule has 2 heterocycles. The van der Waals surface area contributed by atoms with E-state index in [-0.39, 0.29) is 11.3 Å². The Kier molecular flexibility index (Phi) is 6.18. The van der Waals surface area contributed by atoms with Gasteiger partial charge in [0.1, 0.15) is 19.8 Å². The zero-order valence-corrected chi connectivity index (χ0v) is 19.0. The van der Waals surface area contributed by atoms with Gasteiger partial charge in [0.25, 0.3) is 5.56 Å². The van der Waals surface area contributed by atoms with Crippen LogP contribution in [-0.4, -0.2) is 33.4 Å². The van der Waals surface area contributed by atoms with Crippen LogP contribution in [0.25, 0.3) is 0 Å². The van der Waals surface area contributed by atoms with E-state index in [0.717, 1.165) is 11.3 Å². The minimum atomic E-state index is -1.58. The predicted octanol–water partition coefficient (Wildman–Crippen LogP) is 3.47. The molecule has 0 radical (unpaired) electrons. The second kappa shape index (κ2) is 8.64. The summed E-state index contributed by atoms with van der Waals surface area (Å²) in [4.78, 5) is 25.5. The smallest absolute Gasteiger partial charge is 0.267 e. The van der Waals surface area contributed by atoms with Crippen molar-refractivity contribution >= 4 is 13.9 Å². The number of carbonyl (C=O) groups excluding carboxylic acids is 1. The Balaban J connectivity index is 1.87. The van der Waals surface area contributed by atoms with E-state index >= 15 is 0 Å². The van der Waals surface area contributed by atoms with Gasteiger partial charge in [-0.05, 0) is 25.5 Å². The van der Waals surface area contributed by atoms with E-state index in [9.17, 15) is 9.59 Å². The molecule has 0 saturated carbocycles. The number of rotatable bonds is 5. The van der Waals surface area contributed by atoms with Gasteiger partial charge in [-0.25, -0.2) is 4.68 Å². The van der Waals surface area contributed by atoms with Crippen LogP contribution in [0.4, 0.5) is 0 Å². The lowest BCUT2D eigenvalue weighted by Crippen LogP contribution is -2.30. The van der Waals surface area contributed by atoms with Gasteiger partial charge in [0, 0.05) is 11.8 Å². The molecule has 3 aromatic rings. The molecule has 0 saturated heterocycles. The standard InChI is InChI=1S/C23H26N4O2Si/c1-17-21(15-24-26(17)16-19-9-7-6-8-10-19)23(29)18(2)27-22(28)12-11-20(25-27)13-14-30(3,4)5/h6-12,15,18H,16H2,1-5H3. The van der Waals surface area contributed by atoms with Crippen LogP contribution in [0.1, 0.15) is 40.3 Å². The molecule has 6 nitrogen and oxygen atoms in total. The molecule has 154 valence electrons. The monoisotopic (exact) mass is 418 g/mol. The first kappa shape index (κ1) is 21.5. The van der Waals surface area contributed by atoms with Gasteiger partial charge in [-0.15, -0.1) is 5.54 Å². The van der Waals surface area contributed by atoms with Crippen molar-refractivity contribution in [3.8, 4) is 11.5 Å². The Morgan fingerprint density at radius 3 is 2.50 bits per heavy atom. The molecule has 0 fully saturated rings. The molecule has 0 aliphatic carbocycles. The molecule has 3 rings (SSSR count). The summed E-state index contributed by atoms with van der Waals surface area (Å²) in [6, 6.07) is 12.2. The van der Waals surface area contributed by atoms with Crippen molar-refractivity contribution in [2.75, 3.05) is 0 Å². The molecular weight excluding hydrogens is 392 g/mol. The third-order valence-corrected chi connectivity index (χ3v) is 5.56. The van der Waals surface area contributed by atoms with Gasteiger partial charge < -0.3 is 0 Å². The fourth-order valence-corrected chi connectivity index (χ4v) is 3.46. The minimum absolute atomic E-state index is 0.197. The largest absolute Gasteiger partial charge is 0.292 e. The number of ketones is 1. The van der Waals surface area contributed by atoms with Crippen LogP contribution < -0.4 is 5.56 Å². The minimum Gasteiger partial charge on any atom is -0.292 e. The molecule has 1 unspecified atom stereocenters. The summed E-state index contributed by atoms with van der Waals surface area (Å²) in [7, 11) is -1.58. The summed E-state index contributed by atoms with van der Waals surface area (Å²) in [5, 5.41) is 8.71. The molecule has 1 atom stereocenters. The van der Waals surface area contributed by atoms with Gasteiger partial charge in [0.05, 0.1) is 18.3 Å². The van der Waals surface area contributed by atoms with E-state index in [1.54, 1.807) is 23.9 Å². The second-order valence-electron chi connectivity index (χ2n) is 8.33. The van der Waals surface area contributed by atoms with Gasteiger partial charge >= 0.3 is 0 Å². The van der Waals surface area contributed by atoms with E-state index in [4.69, 9.17) is 0 Å². The molecule has 1 aromatic carbocycles. The van der Waals surface area contributed by atoms with E-state index < -0.39 is 14.1 Å².